The lowest BCUT2D eigenvalue weighted by atomic mass is 10.1. The van der Waals surface area contributed by atoms with Gasteiger partial charge in [0.05, 0.1) is 11.0 Å². The summed E-state index contributed by atoms with van der Waals surface area (Å²) < 4.78 is 1.67. The Balaban J connectivity index is 2.56. The molecular weight excluding hydrogens is 248 g/mol. The van der Waals surface area contributed by atoms with E-state index in [1.807, 2.05) is 31.3 Å². The van der Waals surface area contributed by atoms with E-state index in [4.69, 9.17) is 11.6 Å². The third-order valence-electron chi connectivity index (χ3n) is 3.13. The number of rotatable bonds is 0. The molecule has 4 heteroatoms. The number of pyridine rings is 1. The monoisotopic (exact) mass is 258 g/mol. The van der Waals surface area contributed by atoms with E-state index in [-0.39, 0.29) is 5.91 Å². The van der Waals surface area contributed by atoms with Crippen molar-refractivity contribution >= 4 is 39.3 Å². The molecule has 0 aliphatic heterocycles. The van der Waals surface area contributed by atoms with E-state index in [0.29, 0.717) is 5.02 Å². The first kappa shape index (κ1) is 11.2. The molecule has 0 spiro atoms. The summed E-state index contributed by atoms with van der Waals surface area (Å²) in [6.45, 7) is 3.53. The fourth-order valence-corrected chi connectivity index (χ4v) is 2.44. The minimum absolute atomic E-state index is 0.00412. The molecule has 0 saturated carbocycles. The number of nitrogens with zero attached hydrogens (tertiary/aromatic N) is 2. The van der Waals surface area contributed by atoms with Crippen molar-refractivity contribution in [1.82, 2.24) is 9.55 Å². The fourth-order valence-electron chi connectivity index (χ4n) is 2.28. The Bertz CT molecular complexity index is 789. The van der Waals surface area contributed by atoms with Crippen LogP contribution in [-0.2, 0) is 0 Å². The zero-order chi connectivity index (χ0) is 12.9. The van der Waals surface area contributed by atoms with Crippen molar-refractivity contribution in [2.24, 2.45) is 0 Å². The van der Waals surface area contributed by atoms with Crippen LogP contribution in [0.3, 0.4) is 0 Å². The molecule has 1 aromatic carbocycles. The van der Waals surface area contributed by atoms with Crippen molar-refractivity contribution in [1.29, 1.82) is 0 Å². The number of benzene rings is 1. The summed E-state index contributed by atoms with van der Waals surface area (Å²) in [5, 5.41) is 2.59. The largest absolute Gasteiger partial charge is 0.286 e. The molecule has 2 heterocycles. The number of halogens is 1. The predicted molar refractivity (Wildman–Crippen MR) is 73.3 cm³/mol. The average molecular weight is 259 g/mol. The van der Waals surface area contributed by atoms with Crippen molar-refractivity contribution in [3.05, 3.63) is 41.2 Å². The fraction of sp³-hybridized carbons (Fsp3) is 0.143. The van der Waals surface area contributed by atoms with Gasteiger partial charge in [-0.2, -0.15) is 0 Å². The minimum Gasteiger partial charge on any atom is -0.286 e. The number of aryl methyl sites for hydroxylation is 1. The molecule has 0 bridgehead atoms. The van der Waals surface area contributed by atoms with Gasteiger partial charge in [-0.15, -0.1) is 0 Å². The van der Waals surface area contributed by atoms with Crippen molar-refractivity contribution in [2.45, 2.75) is 13.8 Å². The molecular formula is C14H11ClN2O. The van der Waals surface area contributed by atoms with Crippen LogP contribution < -0.4 is 0 Å². The van der Waals surface area contributed by atoms with Crippen LogP contribution in [0.25, 0.3) is 21.8 Å². The summed E-state index contributed by atoms with van der Waals surface area (Å²) in [6, 6.07) is 5.53. The van der Waals surface area contributed by atoms with Gasteiger partial charge >= 0.3 is 0 Å². The molecule has 18 heavy (non-hydrogen) atoms. The summed E-state index contributed by atoms with van der Waals surface area (Å²) in [5.74, 6) is -0.00412. The van der Waals surface area contributed by atoms with Crippen molar-refractivity contribution < 1.29 is 4.79 Å². The second-order valence-electron chi connectivity index (χ2n) is 4.38. The van der Waals surface area contributed by atoms with Gasteiger partial charge in [0, 0.05) is 35.1 Å². The van der Waals surface area contributed by atoms with Crippen LogP contribution in [0.4, 0.5) is 0 Å². The maximum absolute atomic E-state index is 11.7. The number of hydrogen-bond donors (Lipinski definition) is 0. The lowest BCUT2D eigenvalue weighted by Gasteiger charge is -2.04. The van der Waals surface area contributed by atoms with Crippen LogP contribution in [0.2, 0.25) is 5.02 Å². The van der Waals surface area contributed by atoms with E-state index in [1.165, 1.54) is 0 Å². The molecule has 0 fully saturated rings. The minimum atomic E-state index is -0.00412. The molecule has 2 aromatic heterocycles. The van der Waals surface area contributed by atoms with E-state index >= 15 is 0 Å². The summed E-state index contributed by atoms with van der Waals surface area (Å²) in [5.41, 5.74) is 2.75. The highest BCUT2D eigenvalue weighted by atomic mass is 35.5. The topological polar surface area (TPSA) is 34.9 Å². The summed E-state index contributed by atoms with van der Waals surface area (Å²) in [4.78, 5) is 16.1. The van der Waals surface area contributed by atoms with E-state index in [0.717, 1.165) is 27.4 Å². The quantitative estimate of drug-likeness (QED) is 0.615. The Morgan fingerprint density at radius 1 is 1.33 bits per heavy atom. The van der Waals surface area contributed by atoms with Crippen LogP contribution >= 0.6 is 11.6 Å². The van der Waals surface area contributed by atoms with Gasteiger partial charge < -0.3 is 0 Å². The summed E-state index contributed by atoms with van der Waals surface area (Å²) in [6.07, 6.45) is 3.64. The number of aromatic nitrogens is 2. The molecule has 0 saturated heterocycles. The van der Waals surface area contributed by atoms with Crippen LogP contribution in [-0.4, -0.2) is 15.5 Å². The predicted octanol–water partition coefficient (Wildman–Crippen LogP) is 3.81. The maximum atomic E-state index is 11.7. The first-order valence-electron chi connectivity index (χ1n) is 5.65. The lowest BCUT2D eigenvalue weighted by molar-refractivity contribution is 0.0941. The van der Waals surface area contributed by atoms with Gasteiger partial charge in [0.25, 0.3) is 0 Å². The number of hydrogen-bond acceptors (Lipinski definition) is 2. The first-order valence-corrected chi connectivity index (χ1v) is 6.02. The van der Waals surface area contributed by atoms with Gasteiger partial charge in [0.2, 0.25) is 5.91 Å². The maximum Gasteiger partial charge on any atom is 0.227 e. The molecule has 0 aliphatic rings. The zero-order valence-electron chi connectivity index (χ0n) is 10.1. The van der Waals surface area contributed by atoms with Crippen molar-refractivity contribution in [2.75, 3.05) is 0 Å². The van der Waals surface area contributed by atoms with Gasteiger partial charge in [-0.1, -0.05) is 11.6 Å². The highest BCUT2D eigenvalue weighted by molar-refractivity contribution is 6.31. The van der Waals surface area contributed by atoms with Crippen molar-refractivity contribution in [3.8, 4) is 0 Å². The Labute approximate surface area is 109 Å². The SMILES string of the molecule is CC(=O)n1cc(C)c2cnc3cc(Cl)ccc3c21. The molecule has 0 amide bonds. The lowest BCUT2D eigenvalue weighted by Crippen LogP contribution is -2.03. The third-order valence-corrected chi connectivity index (χ3v) is 3.37. The Morgan fingerprint density at radius 3 is 2.83 bits per heavy atom. The van der Waals surface area contributed by atoms with Gasteiger partial charge in [-0.3, -0.25) is 14.3 Å². The molecule has 3 nitrogen and oxygen atoms in total. The van der Waals surface area contributed by atoms with Crippen LogP contribution in [0.5, 0.6) is 0 Å². The molecule has 3 rings (SSSR count). The highest BCUT2D eigenvalue weighted by Crippen LogP contribution is 2.28. The zero-order valence-corrected chi connectivity index (χ0v) is 10.8. The van der Waals surface area contributed by atoms with Crippen LogP contribution in [0.1, 0.15) is 17.3 Å². The standard InChI is InChI=1S/C14H11ClN2O/c1-8-7-17(9(2)18)14-11-4-3-10(15)5-13(11)16-6-12(8)14/h3-7H,1-2H3. The number of fused-ring (bicyclic) bond motifs is 3. The summed E-state index contributed by atoms with van der Waals surface area (Å²) in [7, 11) is 0. The molecule has 90 valence electrons. The number of carbonyl (C=O) groups excluding carboxylic acids is 1. The molecule has 0 N–H and O–H groups in total. The van der Waals surface area contributed by atoms with Crippen molar-refractivity contribution in [3.63, 3.8) is 0 Å². The van der Waals surface area contributed by atoms with Gasteiger partial charge in [0.1, 0.15) is 0 Å². The molecule has 3 aromatic rings. The Morgan fingerprint density at radius 2 is 2.11 bits per heavy atom. The van der Waals surface area contributed by atoms with Crippen LogP contribution in [0.15, 0.2) is 30.6 Å². The van der Waals surface area contributed by atoms with E-state index in [1.54, 1.807) is 17.7 Å². The van der Waals surface area contributed by atoms with Gasteiger partial charge in [0.15, 0.2) is 0 Å². The van der Waals surface area contributed by atoms with Gasteiger partial charge in [-0.25, -0.2) is 0 Å². The van der Waals surface area contributed by atoms with Crippen LogP contribution in [0, 0.1) is 6.92 Å². The van der Waals surface area contributed by atoms with E-state index in [9.17, 15) is 4.79 Å². The van der Waals surface area contributed by atoms with E-state index in [2.05, 4.69) is 4.98 Å². The Kier molecular flexibility index (Phi) is 2.38. The molecule has 0 radical (unpaired) electrons. The second kappa shape index (κ2) is 3.82. The summed E-state index contributed by atoms with van der Waals surface area (Å²) >= 11 is 5.96. The van der Waals surface area contributed by atoms with E-state index < -0.39 is 0 Å². The first-order chi connectivity index (χ1) is 8.58. The molecule has 0 atom stereocenters. The number of carbonyl (C=O) groups is 1. The molecule has 0 unspecified atom stereocenters. The molecule has 0 aliphatic carbocycles. The highest BCUT2D eigenvalue weighted by Gasteiger charge is 2.12. The van der Waals surface area contributed by atoms with Gasteiger partial charge in [-0.05, 0) is 30.7 Å². The Hall–Kier alpha value is -1.87. The third kappa shape index (κ3) is 1.51. The average Bonchev–Trinajstić information content (AvgIpc) is 2.67. The second-order valence-corrected chi connectivity index (χ2v) is 4.82. The normalized spacial score (nSPS) is 11.3. The smallest absolute Gasteiger partial charge is 0.227 e.